The molecule has 1 aliphatic rings. The Balaban J connectivity index is 0.000000861. The van der Waals surface area contributed by atoms with E-state index in [1.807, 2.05) is 21.0 Å². The van der Waals surface area contributed by atoms with Crippen LogP contribution < -0.4 is 4.90 Å². The van der Waals surface area contributed by atoms with E-state index in [1.54, 1.807) is 0 Å². The lowest BCUT2D eigenvalue weighted by Crippen LogP contribution is -2.37. The number of anilines is 1. The maximum absolute atomic E-state index is 5.42. The number of halogens is 1. The number of benzene rings is 1. The number of hydrogen-bond donors (Lipinski definition) is 0. The van der Waals surface area contributed by atoms with Crippen LogP contribution in [0.1, 0.15) is 33.6 Å². The molecule has 1 fully saturated rings. The Hall–Kier alpha value is -0.540. The van der Waals surface area contributed by atoms with Gasteiger partial charge in [-0.1, -0.05) is 29.8 Å². The molecule has 0 bridgehead atoms. The highest BCUT2D eigenvalue weighted by molar-refractivity contribution is 9.10. The molecular formula is C16H26BrNO. The molecule has 0 saturated carbocycles. The Bertz CT molecular complexity index is 344. The molecule has 0 N–H and O–H groups in total. The zero-order valence-corrected chi connectivity index (χ0v) is 14.1. The quantitative estimate of drug-likeness (QED) is 0.795. The predicted octanol–water partition coefficient (Wildman–Crippen LogP) is 4.73. The normalized spacial score (nSPS) is 17.6. The molecule has 2 nitrogen and oxygen atoms in total. The Labute approximate surface area is 126 Å². The third kappa shape index (κ3) is 4.81. The van der Waals surface area contributed by atoms with Crippen LogP contribution in [0.2, 0.25) is 0 Å². The molecule has 1 saturated heterocycles. The zero-order chi connectivity index (χ0) is 14.3. The molecule has 1 aliphatic heterocycles. The standard InChI is InChI=1S/C14H20BrNO.C2H6/c1-11(17-2)12-7-9-16(10-8-12)14-5-3-13(15)4-6-14;1-2/h3-6,11-12H,7-10H2,1-2H3;1-2H3. The van der Waals surface area contributed by atoms with E-state index in [9.17, 15) is 0 Å². The van der Waals surface area contributed by atoms with Crippen molar-refractivity contribution in [2.45, 2.75) is 39.7 Å². The molecule has 1 atom stereocenters. The van der Waals surface area contributed by atoms with Crippen molar-refractivity contribution in [2.75, 3.05) is 25.1 Å². The Morgan fingerprint density at radius 1 is 1.16 bits per heavy atom. The lowest BCUT2D eigenvalue weighted by Gasteiger charge is -2.35. The maximum atomic E-state index is 5.42. The SMILES string of the molecule is CC.COC(C)C1CCN(c2ccc(Br)cc2)CC1. The van der Waals surface area contributed by atoms with Gasteiger partial charge in [-0.15, -0.1) is 0 Å². The number of rotatable bonds is 3. The fourth-order valence-electron chi connectivity index (χ4n) is 2.47. The fourth-order valence-corrected chi connectivity index (χ4v) is 2.74. The number of piperidine rings is 1. The van der Waals surface area contributed by atoms with E-state index < -0.39 is 0 Å². The van der Waals surface area contributed by atoms with Crippen molar-refractivity contribution in [3.8, 4) is 0 Å². The lowest BCUT2D eigenvalue weighted by molar-refractivity contribution is 0.0564. The van der Waals surface area contributed by atoms with Gasteiger partial charge < -0.3 is 9.64 Å². The van der Waals surface area contributed by atoms with E-state index >= 15 is 0 Å². The highest BCUT2D eigenvalue weighted by Gasteiger charge is 2.23. The van der Waals surface area contributed by atoms with Gasteiger partial charge in [-0.3, -0.25) is 0 Å². The lowest BCUT2D eigenvalue weighted by atomic mass is 9.92. The van der Waals surface area contributed by atoms with Gasteiger partial charge >= 0.3 is 0 Å². The summed E-state index contributed by atoms with van der Waals surface area (Å²) in [4.78, 5) is 2.46. The largest absolute Gasteiger partial charge is 0.381 e. The minimum Gasteiger partial charge on any atom is -0.381 e. The Morgan fingerprint density at radius 2 is 1.68 bits per heavy atom. The first-order valence-electron chi connectivity index (χ1n) is 7.24. The molecule has 0 aromatic heterocycles. The van der Waals surface area contributed by atoms with Gasteiger partial charge in [-0.05, 0) is 49.9 Å². The third-order valence-corrected chi connectivity index (χ3v) is 4.30. The molecule has 3 heteroatoms. The predicted molar refractivity (Wildman–Crippen MR) is 86.9 cm³/mol. The zero-order valence-electron chi connectivity index (χ0n) is 12.5. The average molecular weight is 328 g/mol. The highest BCUT2D eigenvalue weighted by Crippen LogP contribution is 2.27. The molecule has 0 radical (unpaired) electrons. The average Bonchev–Trinajstić information content (AvgIpc) is 2.49. The first kappa shape index (κ1) is 16.5. The first-order valence-corrected chi connectivity index (χ1v) is 8.03. The number of nitrogens with zero attached hydrogens (tertiary/aromatic N) is 1. The van der Waals surface area contributed by atoms with Crippen LogP contribution >= 0.6 is 15.9 Å². The minimum absolute atomic E-state index is 0.391. The minimum atomic E-state index is 0.391. The summed E-state index contributed by atoms with van der Waals surface area (Å²) >= 11 is 3.47. The number of ether oxygens (including phenoxy) is 1. The summed E-state index contributed by atoms with van der Waals surface area (Å²) in [5.74, 6) is 0.715. The summed E-state index contributed by atoms with van der Waals surface area (Å²) in [6.07, 6.45) is 2.85. The summed E-state index contributed by atoms with van der Waals surface area (Å²) in [7, 11) is 1.81. The second-order valence-electron chi connectivity index (χ2n) is 4.74. The van der Waals surface area contributed by atoms with E-state index in [1.165, 1.54) is 18.5 Å². The maximum Gasteiger partial charge on any atom is 0.0572 e. The highest BCUT2D eigenvalue weighted by atomic mass is 79.9. The second kappa shape index (κ2) is 8.60. The summed E-state index contributed by atoms with van der Waals surface area (Å²) in [6.45, 7) is 8.46. The molecule has 2 rings (SSSR count). The summed E-state index contributed by atoms with van der Waals surface area (Å²) in [5, 5.41) is 0. The van der Waals surface area contributed by atoms with E-state index in [0.717, 1.165) is 17.6 Å². The van der Waals surface area contributed by atoms with Crippen LogP contribution in [0.4, 0.5) is 5.69 Å². The molecule has 1 aromatic carbocycles. The molecule has 0 aliphatic carbocycles. The van der Waals surface area contributed by atoms with E-state index in [0.29, 0.717) is 12.0 Å². The van der Waals surface area contributed by atoms with Crippen molar-refractivity contribution < 1.29 is 4.74 Å². The molecule has 1 unspecified atom stereocenters. The van der Waals surface area contributed by atoms with E-state index in [2.05, 4.69) is 52.0 Å². The van der Waals surface area contributed by atoms with Gasteiger partial charge in [0.15, 0.2) is 0 Å². The van der Waals surface area contributed by atoms with Crippen LogP contribution in [0.3, 0.4) is 0 Å². The van der Waals surface area contributed by atoms with Gasteiger partial charge in [0.25, 0.3) is 0 Å². The number of hydrogen-bond acceptors (Lipinski definition) is 2. The van der Waals surface area contributed by atoms with Crippen molar-refractivity contribution in [3.63, 3.8) is 0 Å². The van der Waals surface area contributed by atoms with Crippen LogP contribution in [0.5, 0.6) is 0 Å². The van der Waals surface area contributed by atoms with Crippen LogP contribution in [0.25, 0.3) is 0 Å². The van der Waals surface area contributed by atoms with Crippen molar-refractivity contribution in [3.05, 3.63) is 28.7 Å². The molecule has 19 heavy (non-hydrogen) atoms. The first-order chi connectivity index (χ1) is 9.20. The number of methoxy groups -OCH3 is 1. The Morgan fingerprint density at radius 3 is 2.16 bits per heavy atom. The van der Waals surface area contributed by atoms with Gasteiger partial charge in [0.1, 0.15) is 0 Å². The van der Waals surface area contributed by atoms with Crippen molar-refractivity contribution in [2.24, 2.45) is 5.92 Å². The molecule has 0 amide bonds. The van der Waals surface area contributed by atoms with Crippen molar-refractivity contribution >= 4 is 21.6 Å². The van der Waals surface area contributed by atoms with Crippen LogP contribution in [0.15, 0.2) is 28.7 Å². The molecule has 108 valence electrons. The van der Waals surface area contributed by atoms with E-state index in [4.69, 9.17) is 4.74 Å². The van der Waals surface area contributed by atoms with Crippen molar-refractivity contribution in [1.82, 2.24) is 0 Å². The van der Waals surface area contributed by atoms with Gasteiger partial charge in [0.2, 0.25) is 0 Å². The topological polar surface area (TPSA) is 12.5 Å². The molecular weight excluding hydrogens is 302 g/mol. The van der Waals surface area contributed by atoms with Gasteiger partial charge in [0, 0.05) is 30.4 Å². The second-order valence-corrected chi connectivity index (χ2v) is 5.66. The summed E-state index contributed by atoms with van der Waals surface area (Å²) in [5.41, 5.74) is 1.33. The summed E-state index contributed by atoms with van der Waals surface area (Å²) < 4.78 is 6.56. The fraction of sp³-hybridized carbons (Fsp3) is 0.625. The Kier molecular flexibility index (Phi) is 7.47. The molecule has 0 spiro atoms. The van der Waals surface area contributed by atoms with Crippen LogP contribution in [0, 0.1) is 5.92 Å². The van der Waals surface area contributed by atoms with Crippen LogP contribution in [-0.2, 0) is 4.74 Å². The molecule has 1 aromatic rings. The van der Waals surface area contributed by atoms with Gasteiger partial charge in [-0.25, -0.2) is 0 Å². The van der Waals surface area contributed by atoms with Crippen LogP contribution in [-0.4, -0.2) is 26.3 Å². The van der Waals surface area contributed by atoms with Gasteiger partial charge in [-0.2, -0.15) is 0 Å². The summed E-state index contributed by atoms with van der Waals surface area (Å²) in [6, 6.07) is 8.59. The van der Waals surface area contributed by atoms with Crippen molar-refractivity contribution in [1.29, 1.82) is 0 Å². The monoisotopic (exact) mass is 327 g/mol. The smallest absolute Gasteiger partial charge is 0.0572 e. The third-order valence-electron chi connectivity index (χ3n) is 3.77. The van der Waals surface area contributed by atoms with E-state index in [-0.39, 0.29) is 0 Å². The van der Waals surface area contributed by atoms with Gasteiger partial charge in [0.05, 0.1) is 6.10 Å². The molecule has 1 heterocycles.